The molecule has 25 heavy (non-hydrogen) atoms. The van der Waals surface area contributed by atoms with Crippen molar-refractivity contribution in [3.05, 3.63) is 29.6 Å². The van der Waals surface area contributed by atoms with Crippen molar-refractivity contribution in [2.45, 2.75) is 36.6 Å². The van der Waals surface area contributed by atoms with Gasteiger partial charge in [-0.25, -0.2) is 21.6 Å². The Morgan fingerprint density at radius 3 is 2.48 bits per heavy atom. The van der Waals surface area contributed by atoms with Gasteiger partial charge in [-0.1, -0.05) is 6.42 Å². The lowest BCUT2D eigenvalue weighted by molar-refractivity contribution is -0.121. The van der Waals surface area contributed by atoms with Crippen molar-refractivity contribution in [1.82, 2.24) is 9.62 Å². The number of nitrogens with one attached hydrogen (secondary N) is 1. The van der Waals surface area contributed by atoms with Crippen molar-refractivity contribution in [3.63, 3.8) is 0 Å². The molecule has 6 nitrogen and oxygen atoms in total. The van der Waals surface area contributed by atoms with Gasteiger partial charge in [0.15, 0.2) is 17.5 Å². The fourth-order valence-electron chi connectivity index (χ4n) is 2.76. The molecular weight excluding hydrogens is 359 g/mol. The summed E-state index contributed by atoms with van der Waals surface area (Å²) in [6.45, 7) is 0.400. The van der Waals surface area contributed by atoms with E-state index in [1.807, 2.05) is 0 Å². The van der Waals surface area contributed by atoms with Crippen LogP contribution in [0.4, 0.5) is 13.2 Å². The number of hydrogen-bond donors (Lipinski definition) is 2. The summed E-state index contributed by atoms with van der Waals surface area (Å²) in [5.74, 6) is -5.15. The molecule has 1 fully saturated rings. The molecule has 1 aliphatic heterocycles. The van der Waals surface area contributed by atoms with Crippen molar-refractivity contribution in [1.29, 1.82) is 0 Å². The van der Waals surface area contributed by atoms with Gasteiger partial charge < -0.3 is 11.1 Å². The van der Waals surface area contributed by atoms with Crippen LogP contribution in [0.3, 0.4) is 0 Å². The maximum atomic E-state index is 13.4. The lowest BCUT2D eigenvalue weighted by Gasteiger charge is -2.34. The SMILES string of the molecule is NCCC(=O)NCC1CCCCN1S(=O)(=O)c1cc(F)c(F)c(F)c1. The summed E-state index contributed by atoms with van der Waals surface area (Å²) in [6, 6.07) is 0.385. The first-order valence-electron chi connectivity index (χ1n) is 7.90. The molecule has 1 amide bonds. The monoisotopic (exact) mass is 379 g/mol. The van der Waals surface area contributed by atoms with Gasteiger partial charge in [0, 0.05) is 32.1 Å². The third-order valence-corrected chi connectivity index (χ3v) is 5.97. The predicted octanol–water partition coefficient (Wildman–Crippen LogP) is 1.11. The van der Waals surface area contributed by atoms with E-state index in [9.17, 15) is 26.4 Å². The maximum absolute atomic E-state index is 13.4. The van der Waals surface area contributed by atoms with Crippen LogP contribution in [0.1, 0.15) is 25.7 Å². The van der Waals surface area contributed by atoms with E-state index in [0.717, 1.165) is 10.7 Å². The van der Waals surface area contributed by atoms with Gasteiger partial charge in [0.1, 0.15) is 0 Å². The van der Waals surface area contributed by atoms with Crippen molar-refractivity contribution < 1.29 is 26.4 Å². The van der Waals surface area contributed by atoms with Crippen LogP contribution in [-0.2, 0) is 14.8 Å². The lowest BCUT2D eigenvalue weighted by atomic mass is 10.1. The van der Waals surface area contributed by atoms with Crippen LogP contribution in [0.25, 0.3) is 0 Å². The van der Waals surface area contributed by atoms with Crippen LogP contribution in [0.15, 0.2) is 17.0 Å². The van der Waals surface area contributed by atoms with E-state index >= 15 is 0 Å². The van der Waals surface area contributed by atoms with Crippen molar-refractivity contribution in [3.8, 4) is 0 Å². The van der Waals surface area contributed by atoms with E-state index in [4.69, 9.17) is 5.73 Å². The second-order valence-electron chi connectivity index (χ2n) is 5.81. The average molecular weight is 379 g/mol. The number of sulfonamides is 1. The molecule has 1 aromatic carbocycles. The Kier molecular flexibility index (Phi) is 6.42. The minimum Gasteiger partial charge on any atom is -0.354 e. The number of carbonyl (C=O) groups is 1. The van der Waals surface area contributed by atoms with E-state index in [0.29, 0.717) is 25.0 Å². The number of amides is 1. The highest BCUT2D eigenvalue weighted by molar-refractivity contribution is 7.89. The summed E-state index contributed by atoms with van der Waals surface area (Å²) in [4.78, 5) is 10.9. The molecule has 2 rings (SSSR count). The summed E-state index contributed by atoms with van der Waals surface area (Å²) in [6.07, 6.45) is 1.95. The number of benzene rings is 1. The molecule has 0 radical (unpaired) electrons. The summed E-state index contributed by atoms with van der Waals surface area (Å²) in [5, 5.41) is 2.61. The number of rotatable bonds is 6. The van der Waals surface area contributed by atoms with E-state index in [2.05, 4.69) is 5.32 Å². The molecular formula is C15H20F3N3O3S. The number of carbonyl (C=O) groups excluding carboxylic acids is 1. The highest BCUT2D eigenvalue weighted by Gasteiger charge is 2.34. The minimum atomic E-state index is -4.22. The van der Waals surface area contributed by atoms with E-state index in [-0.39, 0.29) is 32.0 Å². The summed E-state index contributed by atoms with van der Waals surface area (Å²) in [7, 11) is -4.22. The van der Waals surface area contributed by atoms with Crippen LogP contribution in [-0.4, -0.2) is 44.3 Å². The Balaban J connectivity index is 2.24. The van der Waals surface area contributed by atoms with Crippen LogP contribution in [0, 0.1) is 17.5 Å². The van der Waals surface area contributed by atoms with Crippen LogP contribution in [0.2, 0.25) is 0 Å². The molecule has 0 aliphatic carbocycles. The molecule has 0 aromatic heterocycles. The number of nitrogens with two attached hydrogens (primary N) is 1. The largest absolute Gasteiger partial charge is 0.354 e. The third-order valence-electron chi connectivity index (χ3n) is 4.04. The zero-order chi connectivity index (χ0) is 18.6. The number of hydrogen-bond acceptors (Lipinski definition) is 4. The van der Waals surface area contributed by atoms with Gasteiger partial charge in [-0.2, -0.15) is 4.31 Å². The van der Waals surface area contributed by atoms with Gasteiger partial charge >= 0.3 is 0 Å². The number of halogens is 3. The fourth-order valence-corrected chi connectivity index (χ4v) is 4.48. The first kappa shape index (κ1) is 19.7. The summed E-state index contributed by atoms with van der Waals surface area (Å²) in [5.41, 5.74) is 5.28. The molecule has 1 saturated heterocycles. The van der Waals surface area contributed by atoms with Gasteiger partial charge in [-0.3, -0.25) is 4.79 Å². The molecule has 1 unspecified atom stereocenters. The van der Waals surface area contributed by atoms with Crippen molar-refractivity contribution in [2.24, 2.45) is 5.73 Å². The van der Waals surface area contributed by atoms with E-state index in [1.54, 1.807) is 0 Å². The Morgan fingerprint density at radius 2 is 1.88 bits per heavy atom. The quantitative estimate of drug-likeness (QED) is 0.725. The maximum Gasteiger partial charge on any atom is 0.243 e. The predicted molar refractivity (Wildman–Crippen MR) is 84.5 cm³/mol. The third kappa shape index (κ3) is 4.50. The highest BCUT2D eigenvalue weighted by Crippen LogP contribution is 2.27. The molecule has 0 spiro atoms. The Labute approximate surface area is 144 Å². The molecule has 0 saturated carbocycles. The Hall–Kier alpha value is -1.65. The smallest absolute Gasteiger partial charge is 0.243 e. The van der Waals surface area contributed by atoms with Crippen LogP contribution >= 0.6 is 0 Å². The summed E-state index contributed by atoms with van der Waals surface area (Å²) < 4.78 is 66.4. The molecule has 1 aromatic rings. The number of piperidine rings is 1. The zero-order valence-corrected chi connectivity index (χ0v) is 14.3. The minimum absolute atomic E-state index is 0.0736. The topological polar surface area (TPSA) is 92.5 Å². The average Bonchev–Trinajstić information content (AvgIpc) is 2.58. The van der Waals surface area contributed by atoms with Gasteiger partial charge in [-0.15, -0.1) is 0 Å². The standard InChI is InChI=1S/C15H20F3N3O3S/c16-12-7-11(8-13(17)15(12)18)25(23,24)21-6-2-1-3-10(21)9-20-14(22)4-5-19/h7-8,10H,1-6,9,19H2,(H,20,22). The van der Waals surface area contributed by atoms with Gasteiger partial charge in [0.05, 0.1) is 4.90 Å². The fraction of sp³-hybridized carbons (Fsp3) is 0.533. The molecule has 3 N–H and O–H groups in total. The van der Waals surface area contributed by atoms with Gasteiger partial charge in [-0.05, 0) is 25.0 Å². The molecule has 10 heteroatoms. The van der Waals surface area contributed by atoms with Crippen molar-refractivity contribution >= 4 is 15.9 Å². The highest BCUT2D eigenvalue weighted by atomic mass is 32.2. The Morgan fingerprint density at radius 1 is 1.24 bits per heavy atom. The van der Waals surface area contributed by atoms with E-state index < -0.39 is 38.4 Å². The lowest BCUT2D eigenvalue weighted by Crippen LogP contribution is -2.49. The second kappa shape index (κ2) is 8.15. The summed E-state index contributed by atoms with van der Waals surface area (Å²) >= 11 is 0. The van der Waals surface area contributed by atoms with Crippen molar-refractivity contribution in [2.75, 3.05) is 19.6 Å². The number of nitrogens with zero attached hydrogens (tertiary/aromatic N) is 1. The van der Waals surface area contributed by atoms with Crippen LogP contribution in [0.5, 0.6) is 0 Å². The van der Waals surface area contributed by atoms with Gasteiger partial charge in [0.25, 0.3) is 0 Å². The zero-order valence-electron chi connectivity index (χ0n) is 13.5. The molecule has 140 valence electrons. The first-order valence-corrected chi connectivity index (χ1v) is 9.34. The molecule has 1 heterocycles. The second-order valence-corrected chi connectivity index (χ2v) is 7.70. The molecule has 1 atom stereocenters. The molecule has 1 aliphatic rings. The van der Waals surface area contributed by atoms with Crippen LogP contribution < -0.4 is 11.1 Å². The van der Waals surface area contributed by atoms with E-state index in [1.165, 1.54) is 0 Å². The normalized spacial score (nSPS) is 19.0. The molecule has 0 bridgehead atoms. The van der Waals surface area contributed by atoms with Gasteiger partial charge in [0.2, 0.25) is 15.9 Å². The first-order chi connectivity index (χ1) is 11.8. The Bertz CT molecular complexity index is 720.